The van der Waals surface area contributed by atoms with Crippen LogP contribution < -0.4 is 0 Å². The molecule has 5 heteroatoms. The molecule has 0 amide bonds. The molecule has 29 valence electrons. The number of hydrogen-bond acceptors (Lipinski definition) is 1. The van der Waals surface area contributed by atoms with E-state index in [-0.39, 0.29) is 65.1 Å². The average Bonchev–Trinajstić information content (AvgIpc) is 1.00. The first-order valence-corrected chi connectivity index (χ1v) is 1.01. The summed E-state index contributed by atoms with van der Waals surface area (Å²) in [6.45, 7) is 0. The van der Waals surface area contributed by atoms with Gasteiger partial charge >= 0.3 is 83.7 Å². The van der Waals surface area contributed by atoms with Gasteiger partial charge in [0.1, 0.15) is 0 Å². The molecule has 0 aliphatic rings. The molecule has 0 saturated heterocycles. The van der Waals surface area contributed by atoms with E-state index in [0.29, 0.717) is 0 Å². The third kappa shape index (κ3) is 19.0. The third-order valence-electron chi connectivity index (χ3n) is 0. The van der Waals surface area contributed by atoms with Crippen molar-refractivity contribution in [3.63, 3.8) is 0 Å². The molecule has 0 spiro atoms. The van der Waals surface area contributed by atoms with Gasteiger partial charge in [-0.2, -0.15) is 0 Å². The largest absolute Gasteiger partial charge is 0 e. The van der Waals surface area contributed by atoms with Crippen LogP contribution in [0, 0.1) is 36.7 Å². The van der Waals surface area contributed by atoms with E-state index in [1.807, 2.05) is 0 Å². The van der Waals surface area contributed by atoms with Gasteiger partial charge in [-0.15, -0.1) is 0 Å². The SMILES string of the molecule is [GaH3].[InH3].[O]=[Tb].[Zn]. The topological polar surface area (TPSA) is 17.1 Å². The molecule has 1 nitrogen and oxygen atoms in total. The Morgan fingerprint density at radius 2 is 1.20 bits per heavy atom. The van der Waals surface area contributed by atoms with Crippen molar-refractivity contribution in [2.75, 3.05) is 0 Å². The van der Waals surface area contributed by atoms with Gasteiger partial charge in [-0.05, 0) is 0 Å². The summed E-state index contributed by atoms with van der Waals surface area (Å²) in [4.78, 5) is 0. The molecule has 0 aromatic carbocycles. The van der Waals surface area contributed by atoms with Crippen LogP contribution in [0.2, 0.25) is 0 Å². The number of rotatable bonds is 0. The molecular weight excluding hydrogens is 425 g/mol. The van der Waals surface area contributed by atoms with Gasteiger partial charge in [0.15, 0.2) is 0 Å². The Balaban J connectivity index is -0.00000000167. The van der Waals surface area contributed by atoms with Crippen molar-refractivity contribution < 1.29 is 57.5 Å². The number of hydrogen-bond donors (Lipinski definition) is 0. The Morgan fingerprint density at radius 3 is 1.20 bits per heavy atom. The predicted molar refractivity (Wildman–Crippen MR) is 20.6 cm³/mol. The van der Waals surface area contributed by atoms with Gasteiger partial charge in [-0.25, -0.2) is 0 Å². The van der Waals surface area contributed by atoms with E-state index in [9.17, 15) is 0 Å². The van der Waals surface area contributed by atoms with Gasteiger partial charge in [0.2, 0.25) is 0 Å². The van der Waals surface area contributed by atoms with E-state index in [1.165, 1.54) is 0 Å². The summed E-state index contributed by atoms with van der Waals surface area (Å²) in [6, 6.07) is 0. The Kier molecular flexibility index (Phi) is 130. The van der Waals surface area contributed by atoms with Gasteiger partial charge in [0, 0.05) is 19.5 Å². The molecule has 0 aliphatic carbocycles. The molecular formula is H6GaInOTbZn. The van der Waals surface area contributed by atoms with Gasteiger partial charge < -0.3 is 0 Å². The van der Waals surface area contributed by atoms with Crippen LogP contribution in [-0.2, 0) is 20.8 Å². The fourth-order valence-electron chi connectivity index (χ4n) is 0. The van der Waals surface area contributed by atoms with Crippen molar-refractivity contribution in [2.45, 2.75) is 0 Å². The smallest absolute Gasteiger partial charge is 0 e. The summed E-state index contributed by atoms with van der Waals surface area (Å²) in [5, 5.41) is 0. The van der Waals surface area contributed by atoms with E-state index in [0.717, 1.165) is 36.7 Å². The first kappa shape index (κ1) is 24.1. The summed E-state index contributed by atoms with van der Waals surface area (Å²) in [6.07, 6.45) is 0. The Bertz CT molecular complexity index is 11.6. The molecule has 0 rings (SSSR count). The van der Waals surface area contributed by atoms with Gasteiger partial charge in [0.05, 0.1) is 0 Å². The van der Waals surface area contributed by atoms with Crippen molar-refractivity contribution in [1.82, 2.24) is 0 Å². The molecule has 0 fully saturated rings. The van der Waals surface area contributed by atoms with E-state index in [4.69, 9.17) is 1.33 Å². The molecule has 0 unspecified atom stereocenters. The fraction of sp³-hybridized carbons (Fsp3) is 0. The van der Waals surface area contributed by atoms with Crippen LogP contribution >= 0.6 is 0 Å². The molecule has 0 saturated carbocycles. The molecule has 0 heterocycles. The van der Waals surface area contributed by atoms with Crippen LogP contribution in [0.15, 0.2) is 0 Å². The van der Waals surface area contributed by atoms with Gasteiger partial charge in [-0.3, -0.25) is 0 Å². The fourth-order valence-corrected chi connectivity index (χ4v) is 0. The molecule has 0 N–H and O–H groups in total. The predicted octanol–water partition coefficient (Wildman–Crippen LogP) is -2.49. The molecule has 0 radical (unpaired) electrons. The van der Waals surface area contributed by atoms with Crippen LogP contribution in [0.1, 0.15) is 0 Å². The van der Waals surface area contributed by atoms with Crippen LogP contribution in [0.4, 0.5) is 0 Å². The van der Waals surface area contributed by atoms with Gasteiger partial charge in [-0.1, -0.05) is 0 Å². The van der Waals surface area contributed by atoms with E-state index in [1.54, 1.807) is 0 Å². The molecule has 0 atom stereocenters. The molecule has 0 aromatic heterocycles. The molecule has 5 heavy (non-hydrogen) atoms. The van der Waals surface area contributed by atoms with Crippen LogP contribution in [0.3, 0.4) is 0 Å². The van der Waals surface area contributed by atoms with Crippen molar-refractivity contribution in [2.24, 2.45) is 0 Å². The zero-order valence-corrected chi connectivity index (χ0v) is 6.55. The van der Waals surface area contributed by atoms with Crippen molar-refractivity contribution in [3.05, 3.63) is 0 Å². The van der Waals surface area contributed by atoms with Crippen molar-refractivity contribution in [1.29, 1.82) is 0 Å². The molecule has 0 bridgehead atoms. The minimum atomic E-state index is 0. The van der Waals surface area contributed by atoms with Crippen molar-refractivity contribution in [3.8, 4) is 0 Å². The van der Waals surface area contributed by atoms with E-state index < -0.39 is 0 Å². The van der Waals surface area contributed by atoms with E-state index in [2.05, 4.69) is 0 Å². The van der Waals surface area contributed by atoms with Crippen LogP contribution in [0.5, 0.6) is 0 Å². The summed E-state index contributed by atoms with van der Waals surface area (Å²) < 4.78 is 8.25. The van der Waals surface area contributed by atoms with Crippen LogP contribution in [0.25, 0.3) is 0 Å². The third-order valence-corrected chi connectivity index (χ3v) is 0. The Morgan fingerprint density at radius 1 is 1.20 bits per heavy atom. The first-order chi connectivity index (χ1) is 1.00. The summed E-state index contributed by atoms with van der Waals surface area (Å²) >= 11 is 0.750. The quantitative estimate of drug-likeness (QED) is 0.389. The molecule has 0 aromatic rings. The maximum absolute atomic E-state index is 8.25. The zero-order valence-electron chi connectivity index (χ0n) is 1.45. The zero-order chi connectivity index (χ0) is 2.00. The maximum Gasteiger partial charge on any atom is 0 e. The minimum Gasteiger partial charge on any atom is 0 e. The summed E-state index contributed by atoms with van der Waals surface area (Å²) in [5.41, 5.74) is 0. The molecule has 0 aliphatic heterocycles. The Hall–Kier alpha value is 3.22. The standard InChI is InChI=1S/Ga.In.O.Tb.Zn.6H. The Labute approximate surface area is 101 Å². The second kappa shape index (κ2) is 27.0. The summed E-state index contributed by atoms with van der Waals surface area (Å²) in [7, 11) is 0. The van der Waals surface area contributed by atoms with Crippen LogP contribution in [-0.4, -0.2) is 45.6 Å². The normalized spacial score (nSPS) is 1.00. The van der Waals surface area contributed by atoms with Crippen molar-refractivity contribution >= 4 is 45.6 Å². The van der Waals surface area contributed by atoms with Gasteiger partial charge in [0.25, 0.3) is 0 Å². The monoisotopic (exact) mass is 429 g/mol. The second-order valence-electron chi connectivity index (χ2n) is 0. The summed E-state index contributed by atoms with van der Waals surface area (Å²) in [5.74, 6) is 0. The maximum atomic E-state index is 8.25. The average molecular weight is 431 g/mol. The first-order valence-electron chi connectivity index (χ1n) is 0.136. The second-order valence-corrected chi connectivity index (χ2v) is 0. The minimum absolute atomic E-state index is 0. The van der Waals surface area contributed by atoms with E-state index >= 15 is 0 Å².